The van der Waals surface area contributed by atoms with Crippen molar-refractivity contribution in [2.24, 2.45) is 0 Å². The van der Waals surface area contributed by atoms with Crippen LogP contribution in [-0.2, 0) is 35.8 Å². The van der Waals surface area contributed by atoms with E-state index in [4.69, 9.17) is 4.98 Å². The van der Waals surface area contributed by atoms with Crippen LogP contribution in [0.15, 0.2) is 10.3 Å². The molecule has 2 aliphatic rings. The van der Waals surface area contributed by atoms with Crippen LogP contribution in [0.3, 0.4) is 0 Å². The number of rotatable bonds is 4. The lowest BCUT2D eigenvalue weighted by Crippen LogP contribution is -2.31. The highest BCUT2D eigenvalue weighted by atomic mass is 32.2. The highest BCUT2D eigenvalue weighted by molar-refractivity contribution is 7.86. The van der Waals surface area contributed by atoms with E-state index in [2.05, 4.69) is 17.0 Å². The Labute approximate surface area is 175 Å². The molecule has 0 aliphatic heterocycles. The maximum Gasteiger partial charge on any atom is 0.331 e. The Balaban J connectivity index is 1.55. The van der Waals surface area contributed by atoms with E-state index in [1.165, 1.54) is 13.8 Å². The molecule has 2 unspecified atom stereocenters. The second-order valence-corrected chi connectivity index (χ2v) is 10.7. The summed E-state index contributed by atoms with van der Waals surface area (Å²) in [5, 5.41) is 12.9. The highest BCUT2D eigenvalue weighted by Gasteiger charge is 2.30. The molecule has 29 heavy (non-hydrogen) atoms. The van der Waals surface area contributed by atoms with Gasteiger partial charge in [-0.25, -0.2) is 13.4 Å². The maximum absolute atomic E-state index is 14.2. The zero-order valence-electron chi connectivity index (χ0n) is 16.6. The number of pyridine rings is 1. The van der Waals surface area contributed by atoms with Crippen molar-refractivity contribution in [3.8, 4) is 0 Å². The number of thiophene rings is 1. The van der Waals surface area contributed by atoms with Crippen LogP contribution in [0.25, 0.3) is 0 Å². The van der Waals surface area contributed by atoms with E-state index >= 15 is 0 Å². The Morgan fingerprint density at radius 1 is 1.34 bits per heavy atom. The molecule has 0 saturated carbocycles. The van der Waals surface area contributed by atoms with Gasteiger partial charge in [0.1, 0.15) is 4.21 Å². The number of aliphatic hydroxyl groups is 1. The zero-order valence-corrected chi connectivity index (χ0v) is 18.2. The number of aryl methyl sites for hydroxylation is 1. The number of halogens is 1. The zero-order chi connectivity index (χ0) is 20.9. The Kier molecular flexibility index (Phi) is 5.25. The predicted octanol–water partition coefficient (Wildman–Crippen LogP) is 3.89. The summed E-state index contributed by atoms with van der Waals surface area (Å²) in [7, 11) is -2.06. The number of aromatic nitrogens is 1. The Morgan fingerprint density at radius 2 is 2.10 bits per heavy atom. The van der Waals surface area contributed by atoms with Gasteiger partial charge < -0.3 is 10.4 Å². The molecule has 0 fully saturated rings. The average molecular weight is 438 g/mol. The van der Waals surface area contributed by atoms with Gasteiger partial charge >= 0.3 is 6.03 Å². The lowest BCUT2D eigenvalue weighted by molar-refractivity contribution is 0.0823. The fourth-order valence-corrected chi connectivity index (χ4v) is 6.02. The van der Waals surface area contributed by atoms with Crippen LogP contribution < -0.4 is 10.0 Å². The number of anilines is 1. The first kappa shape index (κ1) is 20.4. The molecule has 156 valence electrons. The first-order valence-corrected chi connectivity index (χ1v) is 11.7. The summed E-state index contributed by atoms with van der Waals surface area (Å²) in [5.74, 6) is -0.348. The van der Waals surface area contributed by atoms with Crippen molar-refractivity contribution in [1.29, 1.82) is 0 Å². The van der Waals surface area contributed by atoms with Crippen LogP contribution in [0.4, 0.5) is 14.9 Å². The molecule has 4 rings (SSSR count). The van der Waals surface area contributed by atoms with E-state index in [1.807, 2.05) is 0 Å². The van der Waals surface area contributed by atoms with E-state index in [9.17, 15) is 18.5 Å². The molecule has 2 aliphatic carbocycles. The summed E-state index contributed by atoms with van der Waals surface area (Å²) in [4.78, 5) is 17.8. The van der Waals surface area contributed by atoms with Crippen LogP contribution in [0.1, 0.15) is 66.9 Å². The van der Waals surface area contributed by atoms with Gasteiger partial charge in [-0.1, -0.05) is 6.92 Å². The highest BCUT2D eigenvalue weighted by Crippen LogP contribution is 2.41. The Hall–Kier alpha value is -1.84. The van der Waals surface area contributed by atoms with Crippen molar-refractivity contribution in [3.63, 3.8) is 0 Å². The smallest absolute Gasteiger partial charge is 0.331 e. The quantitative estimate of drug-likeness (QED) is 0.677. The minimum atomic E-state index is -2.06. The minimum Gasteiger partial charge on any atom is -0.385 e. The molecule has 0 aromatic carbocycles. The third-order valence-corrected chi connectivity index (χ3v) is 8.33. The fourth-order valence-electron chi connectivity index (χ4n) is 4.00. The van der Waals surface area contributed by atoms with E-state index in [-0.39, 0.29) is 4.21 Å². The van der Waals surface area contributed by atoms with Crippen molar-refractivity contribution in [2.45, 2.75) is 68.6 Å². The predicted molar refractivity (Wildman–Crippen MR) is 111 cm³/mol. The molecule has 0 spiro atoms. The molecule has 3 N–H and O–H groups in total. The molecule has 2 atom stereocenters. The summed E-state index contributed by atoms with van der Waals surface area (Å²) >= 11 is 0.886. The SMILES string of the molecule is CC1CCc2c1nc1c(c2NC(=O)NS(=O)c2sc(C(C)(C)O)cc2F)CCC1. The largest absolute Gasteiger partial charge is 0.385 e. The molecule has 2 aromatic heterocycles. The number of fused-ring (bicyclic) bond motifs is 2. The van der Waals surface area contributed by atoms with E-state index in [0.717, 1.165) is 77.7 Å². The van der Waals surface area contributed by atoms with Gasteiger partial charge in [-0.15, -0.1) is 11.3 Å². The second kappa shape index (κ2) is 7.45. The van der Waals surface area contributed by atoms with E-state index in [1.54, 1.807) is 0 Å². The van der Waals surface area contributed by atoms with Gasteiger partial charge in [0, 0.05) is 16.3 Å². The molecular weight excluding hydrogens is 413 g/mol. The number of urea groups is 1. The second-order valence-electron chi connectivity index (χ2n) is 8.20. The van der Waals surface area contributed by atoms with Crippen molar-refractivity contribution in [1.82, 2.24) is 9.71 Å². The van der Waals surface area contributed by atoms with Crippen molar-refractivity contribution in [3.05, 3.63) is 39.3 Å². The number of hydrogen-bond donors (Lipinski definition) is 3. The summed E-state index contributed by atoms with van der Waals surface area (Å²) < 4.78 is 29.0. The number of carbonyl (C=O) groups excluding carboxylic acids is 1. The number of nitrogens with one attached hydrogen (secondary N) is 2. The van der Waals surface area contributed by atoms with Crippen molar-refractivity contribution >= 4 is 34.0 Å². The third kappa shape index (κ3) is 3.83. The topological polar surface area (TPSA) is 91.3 Å². The normalized spacial score (nSPS) is 19.0. The van der Waals surface area contributed by atoms with Crippen LogP contribution in [0.2, 0.25) is 0 Å². The molecule has 2 amide bonds. The summed E-state index contributed by atoms with van der Waals surface area (Å²) in [5.41, 5.74) is 3.74. The van der Waals surface area contributed by atoms with Gasteiger partial charge in [0.25, 0.3) is 0 Å². The average Bonchev–Trinajstić information content (AvgIpc) is 3.33. The lowest BCUT2D eigenvalue weighted by Gasteiger charge is -2.16. The standard InChI is InChI=1S/C20H24FN3O3S2/c1-10-7-8-12-16(10)22-14-6-4-5-11(14)17(12)23-19(25)24-29(27)18-13(21)9-15(28-18)20(2,3)26/h9-10,26H,4-8H2,1-3H3,(H2,22,23,24,25). The van der Waals surface area contributed by atoms with E-state index in [0.29, 0.717) is 10.8 Å². The first-order valence-electron chi connectivity index (χ1n) is 9.71. The molecule has 0 bridgehead atoms. The minimum absolute atomic E-state index is 0.115. The molecule has 2 heterocycles. The number of nitrogens with zero attached hydrogens (tertiary/aromatic N) is 1. The van der Waals surface area contributed by atoms with Gasteiger partial charge in [-0.2, -0.15) is 0 Å². The summed E-state index contributed by atoms with van der Waals surface area (Å²) in [6.45, 7) is 5.19. The summed E-state index contributed by atoms with van der Waals surface area (Å²) in [6, 6.07) is 0.518. The Bertz CT molecular complexity index is 1010. The number of carbonyl (C=O) groups is 1. The van der Waals surface area contributed by atoms with Crippen LogP contribution in [-0.4, -0.2) is 20.3 Å². The van der Waals surface area contributed by atoms with Crippen molar-refractivity contribution < 1.29 is 18.5 Å². The van der Waals surface area contributed by atoms with E-state index < -0.39 is 28.4 Å². The molecule has 9 heteroatoms. The Morgan fingerprint density at radius 3 is 2.79 bits per heavy atom. The van der Waals surface area contributed by atoms with Crippen LogP contribution in [0, 0.1) is 5.82 Å². The van der Waals surface area contributed by atoms with Gasteiger partial charge in [0.15, 0.2) is 16.8 Å². The van der Waals surface area contributed by atoms with Crippen molar-refractivity contribution in [2.75, 3.05) is 5.32 Å². The first-order chi connectivity index (χ1) is 13.6. The van der Waals surface area contributed by atoms with Crippen LogP contribution in [0.5, 0.6) is 0 Å². The van der Waals surface area contributed by atoms with Gasteiger partial charge in [-0.3, -0.25) is 9.71 Å². The summed E-state index contributed by atoms with van der Waals surface area (Å²) in [6.07, 6.45) is 4.61. The molecule has 2 aromatic rings. The van der Waals surface area contributed by atoms with Crippen LogP contribution >= 0.6 is 11.3 Å². The molecule has 0 radical (unpaired) electrons. The van der Waals surface area contributed by atoms with Gasteiger partial charge in [-0.05, 0) is 69.1 Å². The lowest BCUT2D eigenvalue weighted by atomic mass is 10.0. The monoisotopic (exact) mass is 437 g/mol. The number of amides is 2. The number of hydrogen-bond acceptors (Lipinski definition) is 5. The fraction of sp³-hybridized carbons (Fsp3) is 0.500. The van der Waals surface area contributed by atoms with Gasteiger partial charge in [0.2, 0.25) is 0 Å². The maximum atomic E-state index is 14.2. The molecular formula is C20H24FN3O3S2. The molecule has 0 saturated heterocycles. The third-order valence-electron chi connectivity index (χ3n) is 5.50. The van der Waals surface area contributed by atoms with Gasteiger partial charge in [0.05, 0.1) is 11.3 Å². The molecule has 6 nitrogen and oxygen atoms in total.